The van der Waals surface area contributed by atoms with Crippen LogP contribution in [0.3, 0.4) is 0 Å². The van der Waals surface area contributed by atoms with Gasteiger partial charge in [-0.05, 0) is 161 Å². The molecule has 3 N–H and O–H groups in total. The van der Waals surface area contributed by atoms with Gasteiger partial charge in [-0.2, -0.15) is 0 Å². The predicted octanol–water partition coefficient (Wildman–Crippen LogP) is 23.9. The molecule has 5 unspecified atom stereocenters. The lowest BCUT2D eigenvalue weighted by molar-refractivity contribution is -0.161. The Labute approximate surface area is 632 Å². The molecule has 0 aromatic rings. The number of esters is 4. The van der Waals surface area contributed by atoms with E-state index >= 15 is 0 Å². The molecule has 598 valence electrons. The standard InChI is InChI=1S/C85H146O17P2/c1-5-9-13-17-21-25-29-33-36-38-39-41-44-47-50-54-58-62-66-70-83(88)95-75-80(101-84(89)71-67-63-59-55-51-45-32-28-24-20-16-12-8-4)77-99-103(91,92)97-73-79(86)74-98-104(93,94)100-78-81(102-85(90)72-68-64-60-56-52-48-42-35-31-27-23-19-15-11-7-3)76-96-82(87)69-65-61-57-53-49-46-43-40-37-34-30-26-22-18-14-10-6-2/h10,14,21-23,25-28,32-37,39,41-43,46,79-81,86H,5-9,11-13,15-20,24,29-31,38,40,44-45,47-78H2,1-4H3,(H,91,92)(H,93,94)/b14-10-,25-21-,26-22-,27-23-,32-28-,36-33-,37-34-,41-39-,42-35-,46-43-. The summed E-state index contributed by atoms with van der Waals surface area (Å²) in [5, 5.41) is 10.6. The van der Waals surface area contributed by atoms with Crippen molar-refractivity contribution in [2.75, 3.05) is 39.6 Å². The van der Waals surface area contributed by atoms with Gasteiger partial charge in [0.25, 0.3) is 0 Å². The second kappa shape index (κ2) is 76.6. The first-order chi connectivity index (χ1) is 50.7. The van der Waals surface area contributed by atoms with Crippen molar-refractivity contribution >= 4 is 39.5 Å². The Balaban J connectivity index is 5.39. The molecule has 0 aromatic heterocycles. The maximum absolute atomic E-state index is 13.1. The normalized spacial score (nSPS) is 14.5. The van der Waals surface area contributed by atoms with Gasteiger partial charge in [-0.3, -0.25) is 37.3 Å². The van der Waals surface area contributed by atoms with Crippen molar-refractivity contribution < 1.29 is 80.2 Å². The van der Waals surface area contributed by atoms with Crippen LogP contribution in [-0.4, -0.2) is 96.7 Å². The number of phosphoric acid groups is 2. The molecule has 104 heavy (non-hydrogen) atoms. The van der Waals surface area contributed by atoms with Crippen LogP contribution in [0.4, 0.5) is 0 Å². The maximum atomic E-state index is 13.1. The van der Waals surface area contributed by atoms with Gasteiger partial charge in [0.15, 0.2) is 12.2 Å². The van der Waals surface area contributed by atoms with Gasteiger partial charge in [-0.1, -0.05) is 271 Å². The van der Waals surface area contributed by atoms with Crippen LogP contribution in [0.25, 0.3) is 0 Å². The van der Waals surface area contributed by atoms with Crippen LogP contribution in [0, 0.1) is 0 Å². The number of rotatable bonds is 76. The summed E-state index contributed by atoms with van der Waals surface area (Å²) in [6, 6.07) is 0. The number of hydrogen-bond donors (Lipinski definition) is 3. The first kappa shape index (κ1) is 99.5. The third-order valence-electron chi connectivity index (χ3n) is 16.9. The molecule has 0 aliphatic rings. The Hall–Kier alpha value is -4.54. The van der Waals surface area contributed by atoms with Gasteiger partial charge >= 0.3 is 39.5 Å². The van der Waals surface area contributed by atoms with Crippen molar-refractivity contribution in [1.82, 2.24) is 0 Å². The number of carbonyl (C=O) groups is 4. The minimum Gasteiger partial charge on any atom is -0.462 e. The van der Waals surface area contributed by atoms with E-state index in [1.54, 1.807) is 0 Å². The molecule has 0 amide bonds. The van der Waals surface area contributed by atoms with Crippen LogP contribution < -0.4 is 0 Å². The van der Waals surface area contributed by atoms with Gasteiger partial charge in [0.05, 0.1) is 26.4 Å². The number of unbranched alkanes of at least 4 members (excludes halogenated alkanes) is 30. The molecule has 0 spiro atoms. The largest absolute Gasteiger partial charge is 0.472 e. The molecule has 0 saturated carbocycles. The lowest BCUT2D eigenvalue weighted by atomic mass is 10.1. The summed E-state index contributed by atoms with van der Waals surface area (Å²) in [6.07, 6.45) is 84.5. The molecule has 0 fully saturated rings. The van der Waals surface area contributed by atoms with E-state index in [9.17, 15) is 43.2 Å². The van der Waals surface area contributed by atoms with Gasteiger partial charge in [0.2, 0.25) is 0 Å². The summed E-state index contributed by atoms with van der Waals surface area (Å²) in [6.45, 7) is 4.65. The van der Waals surface area contributed by atoms with Crippen molar-refractivity contribution in [1.29, 1.82) is 0 Å². The molecule has 0 bridgehead atoms. The van der Waals surface area contributed by atoms with Crippen molar-refractivity contribution in [3.05, 3.63) is 122 Å². The molecule has 5 atom stereocenters. The summed E-state index contributed by atoms with van der Waals surface area (Å²) in [5.41, 5.74) is 0. The monoisotopic (exact) mass is 1500 g/mol. The smallest absolute Gasteiger partial charge is 0.462 e. The Morgan fingerprint density at radius 3 is 0.798 bits per heavy atom. The first-order valence-electron chi connectivity index (χ1n) is 40.8. The molecule has 19 heteroatoms. The highest BCUT2D eigenvalue weighted by atomic mass is 31.2. The number of phosphoric ester groups is 2. The Kier molecular flexibility index (Phi) is 73.3. The fourth-order valence-corrected chi connectivity index (χ4v) is 12.2. The van der Waals surface area contributed by atoms with Gasteiger partial charge in [-0.25, -0.2) is 9.13 Å². The number of aliphatic hydroxyl groups is 1. The topological polar surface area (TPSA) is 237 Å². The maximum Gasteiger partial charge on any atom is 0.472 e. The summed E-state index contributed by atoms with van der Waals surface area (Å²) >= 11 is 0. The minimum atomic E-state index is -4.99. The van der Waals surface area contributed by atoms with E-state index in [-0.39, 0.29) is 25.7 Å². The average Bonchev–Trinajstić information content (AvgIpc) is 0.939. The van der Waals surface area contributed by atoms with Crippen molar-refractivity contribution in [2.45, 2.75) is 354 Å². The van der Waals surface area contributed by atoms with Crippen LogP contribution >= 0.6 is 15.6 Å². The van der Waals surface area contributed by atoms with Crippen LogP contribution in [0.15, 0.2) is 122 Å². The fourth-order valence-electron chi connectivity index (χ4n) is 10.7. The summed E-state index contributed by atoms with van der Waals surface area (Å²) in [7, 11) is -9.98. The van der Waals surface area contributed by atoms with E-state index in [0.717, 1.165) is 193 Å². The van der Waals surface area contributed by atoms with E-state index in [1.807, 2.05) is 0 Å². The lowest BCUT2D eigenvalue weighted by Crippen LogP contribution is -2.30. The molecule has 0 aliphatic carbocycles. The average molecular weight is 1500 g/mol. The highest BCUT2D eigenvalue weighted by Crippen LogP contribution is 2.45. The van der Waals surface area contributed by atoms with Crippen molar-refractivity contribution in [2.24, 2.45) is 0 Å². The Morgan fingerprint density at radius 2 is 0.500 bits per heavy atom. The van der Waals surface area contributed by atoms with Gasteiger partial charge in [-0.15, -0.1) is 0 Å². The number of allylic oxidation sites excluding steroid dienone is 20. The molecule has 17 nitrogen and oxygen atoms in total. The zero-order chi connectivity index (χ0) is 76.0. The number of carbonyl (C=O) groups excluding carboxylic acids is 4. The van der Waals surface area contributed by atoms with E-state index in [0.29, 0.717) is 25.7 Å². The van der Waals surface area contributed by atoms with Gasteiger partial charge in [0, 0.05) is 25.7 Å². The van der Waals surface area contributed by atoms with Gasteiger partial charge in [0.1, 0.15) is 19.3 Å². The predicted molar refractivity (Wildman–Crippen MR) is 427 cm³/mol. The van der Waals surface area contributed by atoms with E-state index in [2.05, 4.69) is 149 Å². The van der Waals surface area contributed by atoms with Gasteiger partial charge < -0.3 is 33.8 Å². The second-order valence-corrected chi connectivity index (χ2v) is 29.9. The van der Waals surface area contributed by atoms with Crippen molar-refractivity contribution in [3.63, 3.8) is 0 Å². The lowest BCUT2D eigenvalue weighted by Gasteiger charge is -2.21. The molecule has 0 heterocycles. The Morgan fingerprint density at radius 1 is 0.279 bits per heavy atom. The summed E-state index contributed by atoms with van der Waals surface area (Å²) in [5.74, 6) is -2.23. The fraction of sp³-hybridized carbons (Fsp3) is 0.718. The molecular formula is C85H146O17P2. The van der Waals surface area contributed by atoms with Crippen LogP contribution in [0.5, 0.6) is 0 Å². The van der Waals surface area contributed by atoms with Crippen LogP contribution in [0.1, 0.15) is 336 Å². The third kappa shape index (κ3) is 75.7. The van der Waals surface area contributed by atoms with Crippen LogP contribution in [0.2, 0.25) is 0 Å². The number of ether oxygens (including phenoxy) is 4. The molecule has 0 aromatic carbocycles. The minimum absolute atomic E-state index is 0.0711. The van der Waals surface area contributed by atoms with Crippen molar-refractivity contribution in [3.8, 4) is 0 Å². The SMILES string of the molecule is CC/C=C\C/C=C\C/C=C\C/C=C\CCCCCCC(=O)OCC(COP(=O)(O)OCC(O)COP(=O)(O)OCC(COC(=O)CCCCCCCC/C=C\C/C=C\C/C=C\CCCCC)OC(=O)CCCCCCC/C=C\CCCCCC)OC(=O)CCCCCCC/C=C\C/C=C\CCCCC. The third-order valence-corrected chi connectivity index (χ3v) is 18.8. The highest BCUT2D eigenvalue weighted by molar-refractivity contribution is 7.47. The number of hydrogen-bond acceptors (Lipinski definition) is 15. The van der Waals surface area contributed by atoms with E-state index < -0.39 is 97.5 Å². The van der Waals surface area contributed by atoms with Crippen LogP contribution in [-0.2, 0) is 65.4 Å². The molecule has 0 aliphatic heterocycles. The molecular weight excluding hydrogens is 1350 g/mol. The second-order valence-electron chi connectivity index (χ2n) is 27.0. The first-order valence-corrected chi connectivity index (χ1v) is 43.8. The highest BCUT2D eigenvalue weighted by Gasteiger charge is 2.30. The summed E-state index contributed by atoms with van der Waals surface area (Å²) in [4.78, 5) is 73.1. The zero-order valence-electron chi connectivity index (χ0n) is 65.4. The molecule has 0 rings (SSSR count). The van der Waals surface area contributed by atoms with E-state index in [4.69, 9.17) is 37.0 Å². The summed E-state index contributed by atoms with van der Waals surface area (Å²) < 4.78 is 68.6. The molecule has 0 saturated heterocycles. The quantitative estimate of drug-likeness (QED) is 0.0169. The number of aliphatic hydroxyl groups excluding tert-OH is 1. The Bertz CT molecular complexity index is 2440. The zero-order valence-corrected chi connectivity index (χ0v) is 67.2. The van der Waals surface area contributed by atoms with E-state index in [1.165, 1.54) is 64.2 Å². The molecule has 0 radical (unpaired) electrons.